The molecule has 3 nitrogen and oxygen atoms in total. The Labute approximate surface area is 136 Å². The molecule has 0 radical (unpaired) electrons. The molecule has 2 unspecified atom stereocenters. The van der Waals surface area contributed by atoms with Crippen molar-refractivity contribution in [1.29, 1.82) is 0 Å². The standard InChI is InChI=1S/C17H25BrN2O/c1-2-19-12-13-7-8-15(14(18)11-13)20-9-10-21-17-6-4-3-5-16(17)20/h7-8,11,16-17,19H,2-6,9-10,12H2,1H3. The smallest absolute Gasteiger partial charge is 0.0779 e. The minimum absolute atomic E-state index is 0.431. The van der Waals surface area contributed by atoms with Crippen molar-refractivity contribution in [2.45, 2.75) is 51.3 Å². The molecule has 2 fully saturated rings. The number of benzene rings is 1. The summed E-state index contributed by atoms with van der Waals surface area (Å²) in [5, 5.41) is 3.38. The number of ether oxygens (including phenoxy) is 1. The number of anilines is 1. The van der Waals surface area contributed by atoms with Crippen LogP contribution in [0.25, 0.3) is 0 Å². The Morgan fingerprint density at radius 2 is 2.19 bits per heavy atom. The van der Waals surface area contributed by atoms with Crippen molar-refractivity contribution in [3.8, 4) is 0 Å². The Bertz CT molecular complexity index is 478. The average molecular weight is 353 g/mol. The van der Waals surface area contributed by atoms with Crippen LogP contribution in [0.5, 0.6) is 0 Å². The summed E-state index contributed by atoms with van der Waals surface area (Å²) in [6.07, 6.45) is 5.56. The maximum Gasteiger partial charge on any atom is 0.0779 e. The fourth-order valence-electron chi connectivity index (χ4n) is 3.56. The van der Waals surface area contributed by atoms with E-state index in [0.29, 0.717) is 12.1 Å². The van der Waals surface area contributed by atoms with Gasteiger partial charge in [0.2, 0.25) is 0 Å². The predicted molar refractivity (Wildman–Crippen MR) is 90.9 cm³/mol. The van der Waals surface area contributed by atoms with Gasteiger partial charge >= 0.3 is 0 Å². The number of hydrogen-bond acceptors (Lipinski definition) is 3. The van der Waals surface area contributed by atoms with E-state index in [1.54, 1.807) is 0 Å². The van der Waals surface area contributed by atoms with E-state index in [4.69, 9.17) is 4.74 Å². The van der Waals surface area contributed by atoms with E-state index < -0.39 is 0 Å². The van der Waals surface area contributed by atoms with E-state index in [1.807, 2.05) is 0 Å². The largest absolute Gasteiger partial charge is 0.374 e. The summed E-state index contributed by atoms with van der Waals surface area (Å²) in [4.78, 5) is 2.56. The number of hydrogen-bond donors (Lipinski definition) is 1. The summed E-state index contributed by atoms with van der Waals surface area (Å²) in [5.74, 6) is 0. The monoisotopic (exact) mass is 352 g/mol. The lowest BCUT2D eigenvalue weighted by molar-refractivity contribution is -0.00872. The molecule has 2 atom stereocenters. The topological polar surface area (TPSA) is 24.5 Å². The first-order valence-electron chi connectivity index (χ1n) is 8.17. The predicted octanol–water partition coefficient (Wildman–Crippen LogP) is 3.71. The summed E-state index contributed by atoms with van der Waals surface area (Å²) in [5.41, 5.74) is 2.66. The maximum atomic E-state index is 5.98. The van der Waals surface area contributed by atoms with Crippen molar-refractivity contribution in [2.75, 3.05) is 24.6 Å². The first-order valence-corrected chi connectivity index (χ1v) is 8.96. The first-order chi connectivity index (χ1) is 10.3. The molecule has 3 rings (SSSR count). The van der Waals surface area contributed by atoms with Crippen molar-refractivity contribution in [3.05, 3.63) is 28.2 Å². The Balaban J connectivity index is 1.78. The zero-order valence-corrected chi connectivity index (χ0v) is 14.4. The molecule has 1 aliphatic heterocycles. The summed E-state index contributed by atoms with van der Waals surface area (Å²) < 4.78 is 7.20. The van der Waals surface area contributed by atoms with E-state index in [1.165, 1.54) is 41.4 Å². The summed E-state index contributed by atoms with van der Waals surface area (Å²) in [6, 6.07) is 7.33. The van der Waals surface area contributed by atoms with Crippen molar-refractivity contribution in [1.82, 2.24) is 5.32 Å². The van der Waals surface area contributed by atoms with Crippen LogP contribution in [0.3, 0.4) is 0 Å². The van der Waals surface area contributed by atoms with E-state index in [0.717, 1.165) is 26.2 Å². The highest BCUT2D eigenvalue weighted by Gasteiger charge is 2.34. The molecule has 1 N–H and O–H groups in total. The Morgan fingerprint density at radius 3 is 3.00 bits per heavy atom. The number of rotatable bonds is 4. The molecule has 1 heterocycles. The van der Waals surface area contributed by atoms with Crippen LogP contribution in [-0.4, -0.2) is 31.8 Å². The molecule has 1 aromatic rings. The molecular weight excluding hydrogens is 328 g/mol. The Kier molecular flexibility index (Phi) is 5.19. The fourth-order valence-corrected chi connectivity index (χ4v) is 4.21. The minimum atomic E-state index is 0.431. The zero-order chi connectivity index (χ0) is 14.7. The van der Waals surface area contributed by atoms with Gasteiger partial charge in [0, 0.05) is 17.6 Å². The number of nitrogens with one attached hydrogen (secondary N) is 1. The number of halogens is 1. The number of nitrogens with zero attached hydrogens (tertiary/aromatic N) is 1. The second-order valence-electron chi connectivity index (χ2n) is 6.02. The van der Waals surface area contributed by atoms with Crippen LogP contribution in [0.15, 0.2) is 22.7 Å². The van der Waals surface area contributed by atoms with Crippen LogP contribution < -0.4 is 10.2 Å². The summed E-state index contributed by atoms with van der Waals surface area (Å²) in [7, 11) is 0. The van der Waals surface area contributed by atoms with Crippen LogP contribution in [-0.2, 0) is 11.3 Å². The summed E-state index contributed by atoms with van der Waals surface area (Å²) >= 11 is 3.78. The van der Waals surface area contributed by atoms with Gasteiger partial charge in [0.25, 0.3) is 0 Å². The molecule has 4 heteroatoms. The van der Waals surface area contributed by atoms with Crippen molar-refractivity contribution in [3.63, 3.8) is 0 Å². The molecule has 116 valence electrons. The fraction of sp³-hybridized carbons (Fsp3) is 0.647. The van der Waals surface area contributed by atoms with E-state index in [2.05, 4.69) is 51.3 Å². The van der Waals surface area contributed by atoms with Crippen LogP contribution in [0, 0.1) is 0 Å². The van der Waals surface area contributed by atoms with Crippen molar-refractivity contribution in [2.24, 2.45) is 0 Å². The van der Waals surface area contributed by atoms with Gasteiger partial charge in [-0.05, 0) is 53.0 Å². The normalized spacial score (nSPS) is 25.7. The SMILES string of the molecule is CCNCc1ccc(N2CCOC3CCCCC32)c(Br)c1. The number of morpholine rings is 1. The Hall–Kier alpha value is -0.580. The van der Waals surface area contributed by atoms with E-state index >= 15 is 0 Å². The van der Waals surface area contributed by atoms with E-state index in [9.17, 15) is 0 Å². The van der Waals surface area contributed by atoms with Gasteiger partial charge in [-0.25, -0.2) is 0 Å². The second kappa shape index (κ2) is 7.12. The lowest BCUT2D eigenvalue weighted by Crippen LogP contribution is -2.53. The Morgan fingerprint density at radius 1 is 1.33 bits per heavy atom. The maximum absolute atomic E-state index is 5.98. The van der Waals surface area contributed by atoms with Crippen molar-refractivity contribution < 1.29 is 4.74 Å². The molecule has 0 aromatic heterocycles. The molecule has 1 saturated carbocycles. The van der Waals surface area contributed by atoms with Crippen molar-refractivity contribution >= 4 is 21.6 Å². The second-order valence-corrected chi connectivity index (χ2v) is 6.87. The minimum Gasteiger partial charge on any atom is -0.374 e. The third-order valence-corrected chi connectivity index (χ3v) is 5.27. The van der Waals surface area contributed by atoms with Gasteiger partial charge in [-0.2, -0.15) is 0 Å². The molecule has 0 spiro atoms. The number of fused-ring (bicyclic) bond motifs is 1. The van der Waals surface area contributed by atoms with Crippen LogP contribution in [0.1, 0.15) is 38.2 Å². The van der Waals surface area contributed by atoms with Gasteiger partial charge in [0.1, 0.15) is 0 Å². The highest BCUT2D eigenvalue weighted by Crippen LogP contribution is 2.35. The molecule has 2 aliphatic rings. The first kappa shape index (κ1) is 15.3. The summed E-state index contributed by atoms with van der Waals surface area (Å²) in [6.45, 7) is 5.94. The molecular formula is C17H25BrN2O. The molecule has 1 aliphatic carbocycles. The van der Waals surface area contributed by atoms with E-state index in [-0.39, 0.29) is 0 Å². The van der Waals surface area contributed by atoms with Gasteiger partial charge in [0.05, 0.1) is 24.4 Å². The van der Waals surface area contributed by atoms with Gasteiger partial charge in [-0.3, -0.25) is 0 Å². The van der Waals surface area contributed by atoms with Gasteiger partial charge in [-0.1, -0.05) is 25.8 Å². The lowest BCUT2D eigenvalue weighted by atomic mass is 9.89. The highest BCUT2D eigenvalue weighted by atomic mass is 79.9. The molecule has 1 saturated heterocycles. The molecule has 21 heavy (non-hydrogen) atoms. The quantitative estimate of drug-likeness (QED) is 0.893. The molecule has 1 aromatic carbocycles. The van der Waals surface area contributed by atoms with Gasteiger partial charge in [-0.15, -0.1) is 0 Å². The van der Waals surface area contributed by atoms with Crippen LogP contribution in [0.2, 0.25) is 0 Å². The third kappa shape index (κ3) is 3.43. The molecule has 0 amide bonds. The molecule has 0 bridgehead atoms. The highest BCUT2D eigenvalue weighted by molar-refractivity contribution is 9.10. The van der Waals surface area contributed by atoms with Gasteiger partial charge in [0.15, 0.2) is 0 Å². The average Bonchev–Trinajstić information content (AvgIpc) is 2.53. The van der Waals surface area contributed by atoms with Gasteiger partial charge < -0.3 is 15.0 Å². The van der Waals surface area contributed by atoms with Crippen LogP contribution in [0.4, 0.5) is 5.69 Å². The lowest BCUT2D eigenvalue weighted by Gasteiger charge is -2.45. The third-order valence-electron chi connectivity index (χ3n) is 4.63. The van der Waals surface area contributed by atoms with Crippen LogP contribution >= 0.6 is 15.9 Å². The zero-order valence-electron chi connectivity index (χ0n) is 12.8.